The van der Waals surface area contributed by atoms with Gasteiger partial charge in [-0.3, -0.25) is 0 Å². The zero-order valence-corrected chi connectivity index (χ0v) is 7.64. The van der Waals surface area contributed by atoms with Gasteiger partial charge in [0.15, 0.2) is 0 Å². The molecule has 2 heteroatoms. The van der Waals surface area contributed by atoms with Crippen LogP contribution in [-0.4, -0.2) is 14.5 Å². The van der Waals surface area contributed by atoms with Gasteiger partial charge < -0.3 is 0 Å². The third-order valence-electron chi connectivity index (χ3n) is 1.41. The molecule has 1 heterocycles. The molecule has 0 saturated heterocycles. The summed E-state index contributed by atoms with van der Waals surface area (Å²) in [6.07, 6.45) is 0. The van der Waals surface area contributed by atoms with E-state index in [-0.39, 0.29) is 0 Å². The van der Waals surface area contributed by atoms with Crippen molar-refractivity contribution in [2.24, 2.45) is 0 Å². The van der Waals surface area contributed by atoms with Crippen LogP contribution in [0.1, 0.15) is 0 Å². The molecule has 0 N–H and O–H groups in total. The standard InChI is InChI=1S/C8H5ClSe/c9-7-1-2-8-6(5-7)3-4-10-8/h1-5H. The molecule has 0 radical (unpaired) electrons. The van der Waals surface area contributed by atoms with E-state index in [1.54, 1.807) is 0 Å². The molecule has 0 spiro atoms. The second-order valence-electron chi connectivity index (χ2n) is 2.10. The molecule has 0 nitrogen and oxygen atoms in total. The summed E-state index contributed by atoms with van der Waals surface area (Å²) in [5, 5.41) is 2.13. The maximum atomic E-state index is 5.80. The van der Waals surface area contributed by atoms with Gasteiger partial charge in [-0.2, -0.15) is 0 Å². The van der Waals surface area contributed by atoms with Gasteiger partial charge in [-0.05, 0) is 0 Å². The van der Waals surface area contributed by atoms with Crippen molar-refractivity contribution in [3.05, 3.63) is 34.2 Å². The van der Waals surface area contributed by atoms with Crippen molar-refractivity contribution in [2.75, 3.05) is 0 Å². The minimum absolute atomic E-state index is 0.555. The molecular weight excluding hydrogens is 211 g/mol. The van der Waals surface area contributed by atoms with Gasteiger partial charge in [-0.1, -0.05) is 0 Å². The van der Waals surface area contributed by atoms with Gasteiger partial charge >= 0.3 is 70.0 Å². The Hall–Kier alpha value is -0.231. The van der Waals surface area contributed by atoms with Crippen LogP contribution in [0, 0.1) is 0 Å². The van der Waals surface area contributed by atoms with Crippen molar-refractivity contribution in [1.29, 1.82) is 0 Å². The first-order chi connectivity index (χ1) is 4.86. The average molecular weight is 216 g/mol. The van der Waals surface area contributed by atoms with E-state index in [4.69, 9.17) is 11.6 Å². The van der Waals surface area contributed by atoms with Crippen LogP contribution in [0.5, 0.6) is 0 Å². The van der Waals surface area contributed by atoms with Crippen LogP contribution in [0.2, 0.25) is 5.02 Å². The molecule has 0 atom stereocenters. The zero-order valence-electron chi connectivity index (χ0n) is 5.17. The average Bonchev–Trinajstić information content (AvgIpc) is 2.33. The van der Waals surface area contributed by atoms with Crippen LogP contribution in [0.15, 0.2) is 29.2 Å². The summed E-state index contributed by atoms with van der Waals surface area (Å²) in [6.45, 7) is 0. The Morgan fingerprint density at radius 1 is 1.20 bits per heavy atom. The van der Waals surface area contributed by atoms with E-state index < -0.39 is 0 Å². The Kier molecular flexibility index (Phi) is 1.57. The van der Waals surface area contributed by atoms with Gasteiger partial charge in [-0.15, -0.1) is 0 Å². The fraction of sp³-hybridized carbons (Fsp3) is 0. The molecular formula is C8H5ClSe. The maximum absolute atomic E-state index is 5.80. The molecule has 1 aromatic heterocycles. The third kappa shape index (κ3) is 1.01. The normalized spacial score (nSPS) is 10.5. The van der Waals surface area contributed by atoms with Gasteiger partial charge in [0, 0.05) is 0 Å². The first-order valence-electron chi connectivity index (χ1n) is 2.99. The number of fused-ring (bicyclic) bond motifs is 1. The Morgan fingerprint density at radius 2 is 2.10 bits per heavy atom. The van der Waals surface area contributed by atoms with Gasteiger partial charge in [0.05, 0.1) is 0 Å². The predicted molar refractivity (Wildman–Crippen MR) is 45.9 cm³/mol. The van der Waals surface area contributed by atoms with E-state index in [1.165, 1.54) is 9.65 Å². The number of hydrogen-bond acceptors (Lipinski definition) is 0. The van der Waals surface area contributed by atoms with E-state index in [0.717, 1.165) is 5.02 Å². The SMILES string of the molecule is Clc1ccc2[se]ccc2c1. The van der Waals surface area contributed by atoms with Crippen molar-refractivity contribution in [3.8, 4) is 0 Å². The number of rotatable bonds is 0. The molecule has 10 heavy (non-hydrogen) atoms. The monoisotopic (exact) mass is 216 g/mol. The molecule has 0 aliphatic heterocycles. The summed E-state index contributed by atoms with van der Waals surface area (Å²) in [4.78, 5) is 2.22. The van der Waals surface area contributed by atoms with Crippen LogP contribution >= 0.6 is 11.6 Å². The van der Waals surface area contributed by atoms with Gasteiger partial charge in [0.2, 0.25) is 0 Å². The van der Waals surface area contributed by atoms with Crippen molar-refractivity contribution < 1.29 is 0 Å². The number of benzene rings is 1. The molecule has 0 aliphatic carbocycles. The second kappa shape index (κ2) is 2.43. The van der Waals surface area contributed by atoms with Crippen molar-refractivity contribution in [3.63, 3.8) is 0 Å². The quantitative estimate of drug-likeness (QED) is 0.593. The molecule has 2 rings (SSSR count). The molecule has 2 aromatic rings. The third-order valence-corrected chi connectivity index (χ3v) is 3.53. The van der Waals surface area contributed by atoms with E-state index in [2.05, 4.69) is 17.1 Å². The zero-order chi connectivity index (χ0) is 6.97. The Labute approximate surface area is 70.2 Å². The molecule has 0 aliphatic rings. The second-order valence-corrected chi connectivity index (χ2v) is 4.53. The summed E-state index contributed by atoms with van der Waals surface area (Å²) in [7, 11) is 0. The van der Waals surface area contributed by atoms with Crippen LogP contribution in [0.25, 0.3) is 9.65 Å². The number of hydrogen-bond donors (Lipinski definition) is 0. The topological polar surface area (TPSA) is 0 Å². The van der Waals surface area contributed by atoms with Gasteiger partial charge in [0.25, 0.3) is 0 Å². The summed E-state index contributed by atoms with van der Waals surface area (Å²) >= 11 is 6.35. The molecule has 50 valence electrons. The molecule has 0 unspecified atom stereocenters. The summed E-state index contributed by atoms with van der Waals surface area (Å²) < 4.78 is 1.44. The van der Waals surface area contributed by atoms with Crippen molar-refractivity contribution in [1.82, 2.24) is 0 Å². The van der Waals surface area contributed by atoms with Crippen LogP contribution in [0.3, 0.4) is 0 Å². The Bertz CT molecular complexity index is 351. The van der Waals surface area contributed by atoms with E-state index in [9.17, 15) is 0 Å². The predicted octanol–water partition coefficient (Wildman–Crippen LogP) is 2.55. The molecule has 0 fully saturated rings. The van der Waals surface area contributed by atoms with E-state index in [0.29, 0.717) is 14.5 Å². The van der Waals surface area contributed by atoms with Crippen molar-refractivity contribution in [2.45, 2.75) is 0 Å². The van der Waals surface area contributed by atoms with Gasteiger partial charge in [-0.25, -0.2) is 0 Å². The fourth-order valence-corrected chi connectivity index (χ4v) is 2.74. The Balaban J connectivity index is 2.86. The molecule has 0 saturated carbocycles. The molecule has 0 bridgehead atoms. The summed E-state index contributed by atoms with van der Waals surface area (Å²) in [5.41, 5.74) is 0. The molecule has 0 amide bonds. The van der Waals surface area contributed by atoms with E-state index in [1.807, 2.05) is 12.1 Å². The Morgan fingerprint density at radius 3 is 3.00 bits per heavy atom. The minimum atomic E-state index is 0.555. The van der Waals surface area contributed by atoms with Crippen molar-refractivity contribution >= 4 is 35.8 Å². The van der Waals surface area contributed by atoms with E-state index >= 15 is 0 Å². The first-order valence-corrected chi connectivity index (χ1v) is 5.21. The number of halogens is 1. The fourth-order valence-electron chi connectivity index (χ4n) is 0.938. The van der Waals surface area contributed by atoms with Crippen LogP contribution < -0.4 is 0 Å². The first kappa shape index (κ1) is 6.48. The summed E-state index contributed by atoms with van der Waals surface area (Å²) in [5.74, 6) is 0. The van der Waals surface area contributed by atoms with Gasteiger partial charge in [0.1, 0.15) is 0 Å². The van der Waals surface area contributed by atoms with Crippen LogP contribution in [0.4, 0.5) is 0 Å². The van der Waals surface area contributed by atoms with Crippen LogP contribution in [-0.2, 0) is 0 Å². The summed E-state index contributed by atoms with van der Waals surface area (Å²) in [6, 6.07) is 8.22. The molecule has 1 aromatic carbocycles.